The molecular weight excluding hydrogens is 244 g/mol. The van der Waals surface area contributed by atoms with E-state index in [1.54, 1.807) is 0 Å². The van der Waals surface area contributed by atoms with Crippen molar-refractivity contribution in [1.82, 2.24) is 0 Å². The van der Waals surface area contributed by atoms with E-state index in [1.165, 1.54) is 19.3 Å². The molecule has 1 atom stereocenters. The molecule has 19 heavy (non-hydrogen) atoms. The molecule has 0 aromatic carbocycles. The fourth-order valence-electron chi connectivity index (χ4n) is 2.05. The highest BCUT2D eigenvalue weighted by Crippen LogP contribution is 2.11. The summed E-state index contributed by atoms with van der Waals surface area (Å²) < 4.78 is 0. The summed E-state index contributed by atoms with van der Waals surface area (Å²) >= 11 is 0. The van der Waals surface area contributed by atoms with E-state index in [-0.39, 0.29) is 18.8 Å². The van der Waals surface area contributed by atoms with Crippen molar-refractivity contribution < 1.29 is 19.8 Å². The molecule has 1 unspecified atom stereocenters. The Hall–Kier alpha value is -0.740. The number of Topliss-reactive ketones (excluding diaryl/α,β-unsaturated/α-hetero) is 1. The van der Waals surface area contributed by atoms with Gasteiger partial charge in [0.05, 0.1) is 19.1 Å². The Morgan fingerprint density at radius 3 is 2.00 bits per heavy atom. The van der Waals surface area contributed by atoms with Crippen molar-refractivity contribution >= 4 is 12.1 Å². The standard InChI is InChI=1S/C15H28O4/c16-12-11-14(18)9-7-5-3-1-2-4-6-8-10-15(19)13-17/h12,15,17,19H,1-11,13H2. The highest BCUT2D eigenvalue weighted by Gasteiger charge is 2.01. The van der Waals surface area contributed by atoms with Gasteiger partial charge in [-0.05, 0) is 12.8 Å². The smallest absolute Gasteiger partial charge is 0.139 e. The third kappa shape index (κ3) is 13.5. The predicted octanol–water partition coefficient (Wildman–Crippen LogP) is 2.40. The van der Waals surface area contributed by atoms with Crippen LogP contribution in [-0.2, 0) is 9.59 Å². The Morgan fingerprint density at radius 1 is 0.947 bits per heavy atom. The number of unbranched alkanes of at least 4 members (excludes halogenated alkanes) is 7. The Balaban J connectivity index is 3.11. The number of hydrogen-bond donors (Lipinski definition) is 2. The maximum Gasteiger partial charge on any atom is 0.139 e. The monoisotopic (exact) mass is 272 g/mol. The molecule has 0 aromatic heterocycles. The zero-order valence-corrected chi connectivity index (χ0v) is 11.9. The van der Waals surface area contributed by atoms with E-state index in [4.69, 9.17) is 10.2 Å². The molecule has 0 aliphatic carbocycles. The molecule has 0 aromatic rings. The van der Waals surface area contributed by atoms with Crippen molar-refractivity contribution in [3.63, 3.8) is 0 Å². The van der Waals surface area contributed by atoms with E-state index >= 15 is 0 Å². The van der Waals surface area contributed by atoms with Gasteiger partial charge < -0.3 is 15.0 Å². The van der Waals surface area contributed by atoms with E-state index in [1.807, 2.05) is 0 Å². The minimum atomic E-state index is -0.552. The van der Waals surface area contributed by atoms with Gasteiger partial charge in [-0.2, -0.15) is 0 Å². The molecule has 0 aliphatic heterocycles. The Labute approximate surface area is 116 Å². The first-order valence-corrected chi connectivity index (χ1v) is 7.45. The van der Waals surface area contributed by atoms with Crippen LogP contribution in [0.4, 0.5) is 0 Å². The third-order valence-corrected chi connectivity index (χ3v) is 3.26. The lowest BCUT2D eigenvalue weighted by atomic mass is 10.0. The largest absolute Gasteiger partial charge is 0.394 e. The summed E-state index contributed by atoms with van der Waals surface area (Å²) in [6.45, 7) is -0.136. The van der Waals surface area contributed by atoms with Gasteiger partial charge in [-0.15, -0.1) is 0 Å². The zero-order valence-electron chi connectivity index (χ0n) is 11.9. The Bertz CT molecular complexity index is 228. The summed E-state index contributed by atoms with van der Waals surface area (Å²) in [5.41, 5.74) is 0. The first-order valence-electron chi connectivity index (χ1n) is 7.45. The van der Waals surface area contributed by atoms with Crippen LogP contribution < -0.4 is 0 Å². The normalized spacial score (nSPS) is 12.3. The fourth-order valence-corrected chi connectivity index (χ4v) is 2.05. The van der Waals surface area contributed by atoms with Gasteiger partial charge in [0.2, 0.25) is 0 Å². The maximum atomic E-state index is 11.1. The van der Waals surface area contributed by atoms with Crippen LogP contribution in [-0.4, -0.2) is 35.0 Å². The number of aldehydes is 1. The van der Waals surface area contributed by atoms with Gasteiger partial charge in [-0.25, -0.2) is 0 Å². The summed E-state index contributed by atoms with van der Waals surface area (Å²) in [6.07, 6.45) is 10.2. The number of ketones is 1. The number of aliphatic hydroxyl groups is 2. The lowest BCUT2D eigenvalue weighted by molar-refractivity contribution is -0.122. The van der Waals surface area contributed by atoms with E-state index in [2.05, 4.69) is 0 Å². The van der Waals surface area contributed by atoms with Crippen LogP contribution >= 0.6 is 0 Å². The minimum absolute atomic E-state index is 0.0532. The number of hydrogen-bond acceptors (Lipinski definition) is 4. The van der Waals surface area contributed by atoms with Crippen molar-refractivity contribution in [2.24, 2.45) is 0 Å². The number of rotatable bonds is 14. The van der Waals surface area contributed by atoms with Crippen molar-refractivity contribution in [1.29, 1.82) is 0 Å². The van der Waals surface area contributed by atoms with Gasteiger partial charge in [0.15, 0.2) is 0 Å². The van der Waals surface area contributed by atoms with Gasteiger partial charge in [0, 0.05) is 6.42 Å². The minimum Gasteiger partial charge on any atom is -0.394 e. The zero-order chi connectivity index (χ0) is 14.3. The molecule has 0 amide bonds. The number of carbonyl (C=O) groups excluding carboxylic acids is 2. The van der Waals surface area contributed by atoms with Crippen molar-refractivity contribution in [2.75, 3.05) is 6.61 Å². The highest BCUT2D eigenvalue weighted by atomic mass is 16.3. The van der Waals surface area contributed by atoms with Crippen LogP contribution in [0.15, 0.2) is 0 Å². The van der Waals surface area contributed by atoms with Gasteiger partial charge >= 0.3 is 0 Å². The average Bonchev–Trinajstić information content (AvgIpc) is 2.40. The number of carbonyl (C=O) groups is 2. The van der Waals surface area contributed by atoms with Crippen molar-refractivity contribution in [3.8, 4) is 0 Å². The Morgan fingerprint density at radius 2 is 1.47 bits per heavy atom. The second kappa shape index (κ2) is 13.7. The second-order valence-electron chi connectivity index (χ2n) is 5.11. The van der Waals surface area contributed by atoms with E-state index in [0.717, 1.165) is 32.1 Å². The summed E-state index contributed by atoms with van der Waals surface area (Å²) in [6, 6.07) is 0. The molecule has 0 rings (SSSR count). The highest BCUT2D eigenvalue weighted by molar-refractivity contribution is 5.89. The molecule has 4 heteroatoms. The average molecular weight is 272 g/mol. The molecule has 112 valence electrons. The van der Waals surface area contributed by atoms with Gasteiger partial charge in [-0.3, -0.25) is 4.79 Å². The molecule has 0 fully saturated rings. The summed E-state index contributed by atoms with van der Waals surface area (Å²) in [4.78, 5) is 21.1. The van der Waals surface area contributed by atoms with Gasteiger partial charge in [0.25, 0.3) is 0 Å². The fraction of sp³-hybridized carbons (Fsp3) is 0.867. The number of aliphatic hydroxyl groups excluding tert-OH is 2. The molecule has 2 N–H and O–H groups in total. The maximum absolute atomic E-state index is 11.1. The topological polar surface area (TPSA) is 74.6 Å². The molecule has 0 aliphatic rings. The lowest BCUT2D eigenvalue weighted by Crippen LogP contribution is -2.10. The summed E-state index contributed by atoms with van der Waals surface area (Å²) in [5.74, 6) is 0.0532. The lowest BCUT2D eigenvalue weighted by Gasteiger charge is -2.06. The molecule has 0 spiro atoms. The van der Waals surface area contributed by atoms with Crippen LogP contribution in [0, 0.1) is 0 Å². The van der Waals surface area contributed by atoms with E-state index in [0.29, 0.717) is 19.1 Å². The van der Waals surface area contributed by atoms with Gasteiger partial charge in [-0.1, -0.05) is 44.9 Å². The van der Waals surface area contributed by atoms with Gasteiger partial charge in [0.1, 0.15) is 12.1 Å². The predicted molar refractivity (Wildman–Crippen MR) is 75.0 cm³/mol. The Kier molecular flexibility index (Phi) is 13.2. The van der Waals surface area contributed by atoms with E-state index < -0.39 is 6.10 Å². The molecule has 0 radical (unpaired) electrons. The van der Waals surface area contributed by atoms with Crippen molar-refractivity contribution in [2.45, 2.75) is 76.7 Å². The molecule has 0 heterocycles. The molecule has 0 bridgehead atoms. The SMILES string of the molecule is O=CCC(=O)CCCCCCCCCCC(O)CO. The van der Waals surface area contributed by atoms with Crippen LogP contribution in [0.3, 0.4) is 0 Å². The van der Waals surface area contributed by atoms with Crippen LogP contribution in [0.5, 0.6) is 0 Å². The van der Waals surface area contributed by atoms with Crippen LogP contribution in [0.1, 0.15) is 70.6 Å². The first-order chi connectivity index (χ1) is 9.20. The third-order valence-electron chi connectivity index (χ3n) is 3.26. The molecule has 4 nitrogen and oxygen atoms in total. The second-order valence-corrected chi connectivity index (χ2v) is 5.11. The summed E-state index contributed by atoms with van der Waals surface area (Å²) in [5, 5.41) is 17.8. The first kappa shape index (κ1) is 18.3. The van der Waals surface area contributed by atoms with E-state index in [9.17, 15) is 9.59 Å². The quantitative estimate of drug-likeness (QED) is 0.289. The van der Waals surface area contributed by atoms with Crippen LogP contribution in [0.25, 0.3) is 0 Å². The molecule has 0 saturated carbocycles. The summed E-state index contributed by atoms with van der Waals surface area (Å²) in [7, 11) is 0. The van der Waals surface area contributed by atoms with Crippen LogP contribution in [0.2, 0.25) is 0 Å². The molecular formula is C15H28O4. The van der Waals surface area contributed by atoms with Crippen molar-refractivity contribution in [3.05, 3.63) is 0 Å². The molecule has 0 saturated heterocycles.